The summed E-state index contributed by atoms with van der Waals surface area (Å²) in [6.45, 7) is 4.63. The summed E-state index contributed by atoms with van der Waals surface area (Å²) < 4.78 is 0. The Morgan fingerprint density at radius 2 is 1.09 bits per heavy atom. The highest BCUT2D eigenvalue weighted by molar-refractivity contribution is 5.99. The van der Waals surface area contributed by atoms with Gasteiger partial charge in [-0.25, -0.2) is 4.79 Å². The number of carbonyl (C=O) groups excluding carboxylic acids is 8. The molecule has 0 bridgehead atoms. The number of carboxylic acid groups (broad SMARTS) is 1. The molecule has 0 saturated carbocycles. The maximum Gasteiger partial charge on any atom is 0.326 e. The normalized spacial score (nSPS) is 17.5. The lowest BCUT2D eigenvalue weighted by atomic mass is 9.99. The lowest BCUT2D eigenvalue weighted by Gasteiger charge is -2.30. The monoisotopic (exact) mass is 1040 g/mol. The van der Waals surface area contributed by atoms with E-state index in [2.05, 4.69) is 42.5 Å². The molecule has 404 valence electrons. The molecule has 22 heteroatoms. The molecule has 2 fully saturated rings. The number of nitrogens with zero attached hydrogens (tertiary/aromatic N) is 1. The fourth-order valence-electron chi connectivity index (χ4n) is 9.11. The van der Waals surface area contributed by atoms with Crippen molar-refractivity contribution in [1.29, 1.82) is 5.41 Å². The first kappa shape index (κ1) is 58.0. The van der Waals surface area contributed by atoms with Crippen LogP contribution in [-0.4, -0.2) is 137 Å². The Bertz CT molecular complexity index is 2440. The van der Waals surface area contributed by atoms with Gasteiger partial charge in [0, 0.05) is 32.4 Å². The van der Waals surface area contributed by atoms with Crippen molar-refractivity contribution in [2.24, 2.45) is 17.4 Å². The second kappa shape index (κ2) is 29.1. The summed E-state index contributed by atoms with van der Waals surface area (Å²) in [6, 6.07) is 16.6. The maximum absolute atomic E-state index is 14.6. The molecule has 2 aliphatic rings. The summed E-state index contributed by atoms with van der Waals surface area (Å²) in [5.41, 5.74) is 13.0. The quantitative estimate of drug-likeness (QED) is 0.0252. The fourth-order valence-corrected chi connectivity index (χ4v) is 9.11. The second-order valence-electron chi connectivity index (χ2n) is 19.4. The molecule has 2 heterocycles. The van der Waals surface area contributed by atoms with Gasteiger partial charge in [0.05, 0.1) is 12.5 Å². The van der Waals surface area contributed by atoms with E-state index in [1.54, 1.807) is 105 Å². The van der Waals surface area contributed by atoms with E-state index in [1.165, 1.54) is 4.90 Å². The van der Waals surface area contributed by atoms with E-state index in [9.17, 15) is 48.3 Å². The first-order valence-electron chi connectivity index (χ1n) is 25.4. The molecular formula is C53H72N12O10. The number of benzene rings is 3. The van der Waals surface area contributed by atoms with E-state index in [0.29, 0.717) is 42.5 Å². The van der Waals surface area contributed by atoms with Crippen LogP contribution >= 0.6 is 0 Å². The van der Waals surface area contributed by atoms with Crippen molar-refractivity contribution in [3.05, 3.63) is 108 Å². The van der Waals surface area contributed by atoms with Crippen LogP contribution < -0.4 is 54.0 Å². The summed E-state index contributed by atoms with van der Waals surface area (Å²) in [5.74, 6) is -7.76. The predicted molar refractivity (Wildman–Crippen MR) is 278 cm³/mol. The molecule has 0 unspecified atom stereocenters. The van der Waals surface area contributed by atoms with Gasteiger partial charge in [-0.1, -0.05) is 105 Å². The van der Waals surface area contributed by atoms with Gasteiger partial charge in [0.15, 0.2) is 5.96 Å². The van der Waals surface area contributed by atoms with Crippen molar-refractivity contribution in [1.82, 2.24) is 47.4 Å². The number of rotatable bonds is 28. The smallest absolute Gasteiger partial charge is 0.326 e. The minimum absolute atomic E-state index is 0.0105. The zero-order valence-electron chi connectivity index (χ0n) is 42.5. The molecule has 8 amide bonds. The molecule has 0 aliphatic carbocycles. The average molecular weight is 1040 g/mol. The van der Waals surface area contributed by atoms with Crippen LogP contribution in [0, 0.1) is 11.3 Å². The van der Waals surface area contributed by atoms with E-state index in [-0.39, 0.29) is 63.5 Å². The third-order valence-corrected chi connectivity index (χ3v) is 12.9. The zero-order valence-corrected chi connectivity index (χ0v) is 42.5. The first-order chi connectivity index (χ1) is 35.9. The molecule has 2 saturated heterocycles. The van der Waals surface area contributed by atoms with Crippen LogP contribution in [0.25, 0.3) is 0 Å². The van der Waals surface area contributed by atoms with Crippen LogP contribution in [0.1, 0.15) is 81.9 Å². The van der Waals surface area contributed by atoms with Crippen LogP contribution in [0.5, 0.6) is 0 Å². The van der Waals surface area contributed by atoms with Crippen molar-refractivity contribution in [2.75, 3.05) is 19.6 Å². The van der Waals surface area contributed by atoms with Crippen molar-refractivity contribution >= 4 is 59.2 Å². The van der Waals surface area contributed by atoms with Crippen LogP contribution in [0.4, 0.5) is 0 Å². The van der Waals surface area contributed by atoms with Crippen LogP contribution in [0.15, 0.2) is 91.0 Å². The van der Waals surface area contributed by atoms with E-state index in [1.807, 2.05) is 0 Å². The summed E-state index contributed by atoms with van der Waals surface area (Å²) >= 11 is 0. The lowest BCUT2D eigenvalue weighted by Crippen LogP contribution is -2.61. The van der Waals surface area contributed by atoms with Crippen molar-refractivity contribution < 1.29 is 48.3 Å². The van der Waals surface area contributed by atoms with Crippen molar-refractivity contribution in [3.63, 3.8) is 0 Å². The molecule has 3 aromatic carbocycles. The van der Waals surface area contributed by atoms with Crippen LogP contribution in [0.2, 0.25) is 0 Å². The molecule has 8 atom stereocenters. The number of hydrogen-bond donors (Lipinski definition) is 12. The van der Waals surface area contributed by atoms with Gasteiger partial charge in [-0.3, -0.25) is 43.8 Å². The van der Waals surface area contributed by atoms with Gasteiger partial charge >= 0.3 is 5.97 Å². The number of guanidine groups is 1. The molecule has 5 rings (SSSR count). The fraction of sp³-hybridized carbons (Fsp3) is 0.472. The molecule has 0 aromatic heterocycles. The van der Waals surface area contributed by atoms with Gasteiger partial charge in [0.2, 0.25) is 47.3 Å². The highest BCUT2D eigenvalue weighted by Crippen LogP contribution is 2.20. The highest BCUT2D eigenvalue weighted by atomic mass is 16.4. The second-order valence-corrected chi connectivity index (χ2v) is 19.4. The van der Waals surface area contributed by atoms with Gasteiger partial charge in [-0.2, -0.15) is 0 Å². The van der Waals surface area contributed by atoms with E-state index < -0.39 is 108 Å². The Labute approximate surface area is 436 Å². The third-order valence-electron chi connectivity index (χ3n) is 12.9. The molecule has 0 spiro atoms. The van der Waals surface area contributed by atoms with Crippen molar-refractivity contribution in [3.8, 4) is 0 Å². The maximum atomic E-state index is 14.6. The lowest BCUT2D eigenvalue weighted by molar-refractivity contribution is -0.149. The zero-order chi connectivity index (χ0) is 54.4. The van der Waals surface area contributed by atoms with Gasteiger partial charge in [-0.05, 0) is 74.1 Å². The number of carboxylic acids is 1. The van der Waals surface area contributed by atoms with Gasteiger partial charge in [0.25, 0.3) is 0 Å². The van der Waals surface area contributed by atoms with Crippen LogP contribution in [-0.2, 0) is 62.4 Å². The number of aliphatic carboxylic acids is 1. The number of amides is 8. The molecule has 22 nitrogen and oxygen atoms in total. The predicted octanol–water partition coefficient (Wildman–Crippen LogP) is -0.364. The van der Waals surface area contributed by atoms with E-state index in [0.717, 1.165) is 6.42 Å². The average Bonchev–Trinajstić information content (AvgIpc) is 4.11. The molecule has 0 radical (unpaired) electrons. The van der Waals surface area contributed by atoms with E-state index >= 15 is 0 Å². The number of primary amides is 1. The number of likely N-dealkylation sites (tertiary alicyclic amines) is 1. The SMILES string of the molecule is CC(C)C[C@H](NC(=O)[C@H](CC(N)=O)NC(=O)[C@H](Cc1ccccc1)NC(=O)[C@H](Cc1ccccc1)NC(=O)[C@H](CCCNC(=N)N)NC(=O)[C@@H]1CCCN1)C(=O)N[C@@H](Cc1ccccc1)C(=O)N1CCC[C@@H]1C(=O)O. The van der Waals surface area contributed by atoms with Gasteiger partial charge in [-0.15, -0.1) is 0 Å². The Morgan fingerprint density at radius 1 is 0.627 bits per heavy atom. The van der Waals surface area contributed by atoms with Crippen molar-refractivity contribution in [2.45, 2.75) is 133 Å². The summed E-state index contributed by atoms with van der Waals surface area (Å²) in [5, 5.41) is 39.5. The van der Waals surface area contributed by atoms with Crippen LogP contribution in [0.3, 0.4) is 0 Å². The topological polar surface area (TPSA) is 349 Å². The molecule has 3 aromatic rings. The Hall–Kier alpha value is -7.88. The number of hydrogen-bond acceptors (Lipinski definition) is 11. The minimum atomic E-state index is -1.67. The molecule has 2 aliphatic heterocycles. The third kappa shape index (κ3) is 18.8. The molecule has 14 N–H and O–H groups in total. The highest BCUT2D eigenvalue weighted by Gasteiger charge is 2.40. The molecular weight excluding hydrogens is 965 g/mol. The standard InChI is InChI=1S/C53H72N12O10/c1-32(2)27-38(47(69)64-42(30-35-19-10-5-11-20-35)51(73)65-26-14-23-43(65)52(74)75)60-50(72)41(31-44(54)66)63-49(71)40(29-34-17-8-4-9-18-34)62-48(70)39(28-33-15-6-3-7-16-33)61-46(68)37(22-13-25-58-53(55)56)59-45(67)36-21-12-24-57-36/h3-11,15-20,32,36-43,57H,12-14,21-31H2,1-2H3,(H2,54,66)(H,59,67)(H,60,72)(H,61,68)(H,62,70)(H,63,71)(H,64,69)(H,74,75)(H4,55,56,58)/t36-,37-,38-,39-,40-,41-,42-,43+/m0/s1. The van der Waals surface area contributed by atoms with Gasteiger partial charge < -0.3 is 64.0 Å². The largest absolute Gasteiger partial charge is 0.480 e. The minimum Gasteiger partial charge on any atom is -0.480 e. The number of nitrogens with two attached hydrogens (primary N) is 2. The Morgan fingerprint density at radius 3 is 1.57 bits per heavy atom. The van der Waals surface area contributed by atoms with E-state index in [4.69, 9.17) is 16.9 Å². The number of nitrogens with one attached hydrogen (secondary N) is 9. The summed E-state index contributed by atoms with van der Waals surface area (Å²) in [6.07, 6.45) is 1.64. The van der Waals surface area contributed by atoms with Gasteiger partial charge in [0.1, 0.15) is 42.3 Å². The molecule has 75 heavy (non-hydrogen) atoms. The number of carbonyl (C=O) groups is 9. The Kier molecular flexibility index (Phi) is 22.5. The first-order valence-corrected chi connectivity index (χ1v) is 25.4. The Balaban J connectivity index is 1.39. The summed E-state index contributed by atoms with van der Waals surface area (Å²) in [4.78, 5) is 125. The summed E-state index contributed by atoms with van der Waals surface area (Å²) in [7, 11) is 0.